The van der Waals surface area contributed by atoms with Crippen molar-refractivity contribution in [1.29, 1.82) is 0 Å². The van der Waals surface area contributed by atoms with Crippen LogP contribution >= 0.6 is 0 Å². The molecule has 0 unspecified atom stereocenters. The van der Waals surface area contributed by atoms with E-state index in [1.807, 2.05) is 13.8 Å². The van der Waals surface area contributed by atoms with Gasteiger partial charge in [-0.2, -0.15) is 0 Å². The van der Waals surface area contributed by atoms with Gasteiger partial charge in [0.1, 0.15) is 0 Å². The summed E-state index contributed by atoms with van der Waals surface area (Å²) in [4.78, 5) is 20.4. The normalized spacial score (nSPS) is 15.0. The summed E-state index contributed by atoms with van der Waals surface area (Å²) in [5, 5.41) is 19.0. The topological polar surface area (TPSA) is 80.4 Å². The Morgan fingerprint density at radius 3 is 2.40 bits per heavy atom. The Morgan fingerprint density at radius 2 is 2.00 bits per heavy atom. The van der Waals surface area contributed by atoms with E-state index in [2.05, 4.69) is 0 Å². The highest BCUT2D eigenvalue weighted by Gasteiger charge is 2.21. The maximum Gasteiger partial charge on any atom is 0.335 e. The van der Waals surface area contributed by atoms with Crippen LogP contribution in [0.4, 0.5) is 0 Å². The molecule has 0 amide bonds. The van der Waals surface area contributed by atoms with E-state index in [9.17, 15) is 14.9 Å². The van der Waals surface area contributed by atoms with Gasteiger partial charge in [0.15, 0.2) is 0 Å². The zero-order chi connectivity index (χ0) is 12.0. The minimum absolute atomic E-state index is 0.0250. The fraction of sp³-hybridized carbons (Fsp3) is 0.500. The van der Waals surface area contributed by atoms with Gasteiger partial charge in [0, 0.05) is 12.5 Å². The predicted molar refractivity (Wildman–Crippen MR) is 56.0 cm³/mol. The summed E-state index contributed by atoms with van der Waals surface area (Å²) in [5.74, 6) is -1.10. The molecule has 84 valence electrons. The third-order valence-electron chi connectivity index (χ3n) is 1.99. The zero-order valence-corrected chi connectivity index (χ0v) is 9.11. The number of hydrogen-bond acceptors (Lipinski definition) is 3. The second-order valence-corrected chi connectivity index (χ2v) is 2.89. The molecule has 1 N–H and O–H groups in total. The molecule has 5 nitrogen and oxygen atoms in total. The molecule has 0 aromatic rings. The van der Waals surface area contributed by atoms with Crippen LogP contribution in [0.5, 0.6) is 0 Å². The second-order valence-electron chi connectivity index (χ2n) is 2.89. The molecule has 0 aromatic heterocycles. The van der Waals surface area contributed by atoms with Crippen LogP contribution in [0, 0.1) is 10.1 Å². The summed E-state index contributed by atoms with van der Waals surface area (Å²) in [5.41, 5.74) is 0.721. The summed E-state index contributed by atoms with van der Waals surface area (Å²) < 4.78 is 0. The Morgan fingerprint density at radius 1 is 1.47 bits per heavy atom. The third-order valence-corrected chi connectivity index (χ3v) is 1.99. The lowest BCUT2D eigenvalue weighted by molar-refractivity contribution is -0.428. The van der Waals surface area contributed by atoms with Crippen molar-refractivity contribution >= 4 is 5.97 Å². The quantitative estimate of drug-likeness (QED) is 0.564. The lowest BCUT2D eigenvalue weighted by Gasteiger charge is -2.09. The smallest absolute Gasteiger partial charge is 0.335 e. The molecule has 1 rings (SSSR count). The first-order valence-electron chi connectivity index (χ1n) is 4.80. The molecule has 5 heteroatoms. The van der Waals surface area contributed by atoms with Crippen LogP contribution in [0.3, 0.4) is 0 Å². The van der Waals surface area contributed by atoms with Gasteiger partial charge in [-0.3, -0.25) is 10.1 Å². The second kappa shape index (κ2) is 5.95. The van der Waals surface area contributed by atoms with Crippen LogP contribution in [0.2, 0.25) is 0 Å². The van der Waals surface area contributed by atoms with Crippen LogP contribution in [0.25, 0.3) is 0 Å². The molecule has 0 aromatic carbocycles. The van der Waals surface area contributed by atoms with Gasteiger partial charge in [0.05, 0.1) is 10.5 Å². The van der Waals surface area contributed by atoms with Gasteiger partial charge in [0.25, 0.3) is 0 Å². The first kappa shape index (κ1) is 13.4. The maximum absolute atomic E-state index is 10.6. The zero-order valence-electron chi connectivity index (χ0n) is 9.11. The van der Waals surface area contributed by atoms with Crippen molar-refractivity contribution in [3.63, 3.8) is 0 Å². The summed E-state index contributed by atoms with van der Waals surface area (Å²) in [7, 11) is 0. The maximum atomic E-state index is 10.6. The molecular weight excluding hydrogens is 198 g/mol. The fourth-order valence-electron chi connectivity index (χ4n) is 1.20. The van der Waals surface area contributed by atoms with Crippen molar-refractivity contribution in [1.82, 2.24) is 0 Å². The molecule has 15 heavy (non-hydrogen) atoms. The van der Waals surface area contributed by atoms with Gasteiger partial charge in [-0.15, -0.1) is 0 Å². The van der Waals surface area contributed by atoms with Crippen molar-refractivity contribution < 1.29 is 14.8 Å². The van der Waals surface area contributed by atoms with E-state index in [4.69, 9.17) is 5.11 Å². The van der Waals surface area contributed by atoms with Crippen molar-refractivity contribution in [3.8, 4) is 0 Å². The van der Waals surface area contributed by atoms with Crippen LogP contribution in [-0.4, -0.2) is 16.0 Å². The number of nitro groups is 1. The highest BCUT2D eigenvalue weighted by Crippen LogP contribution is 2.23. The Labute approximate surface area is 88.3 Å². The SMILES string of the molecule is CC.CC1=C(C(=O)O)C=C([N+](=O)[O-])CC1. The van der Waals surface area contributed by atoms with E-state index >= 15 is 0 Å². The number of nitrogens with zero attached hydrogens (tertiary/aromatic N) is 1. The molecule has 0 heterocycles. The van der Waals surface area contributed by atoms with Crippen LogP contribution in [-0.2, 0) is 4.79 Å². The van der Waals surface area contributed by atoms with E-state index in [1.165, 1.54) is 0 Å². The van der Waals surface area contributed by atoms with Gasteiger partial charge < -0.3 is 5.11 Å². The number of carboxylic acids is 1. The van der Waals surface area contributed by atoms with E-state index in [0.717, 1.165) is 6.08 Å². The highest BCUT2D eigenvalue weighted by molar-refractivity contribution is 5.91. The van der Waals surface area contributed by atoms with E-state index in [0.29, 0.717) is 18.4 Å². The summed E-state index contributed by atoms with van der Waals surface area (Å²) in [6.45, 7) is 5.68. The first-order valence-corrected chi connectivity index (χ1v) is 4.80. The molecule has 0 atom stereocenters. The molecule has 0 radical (unpaired) electrons. The fourth-order valence-corrected chi connectivity index (χ4v) is 1.20. The number of allylic oxidation sites excluding steroid dienone is 2. The molecule has 0 spiro atoms. The minimum atomic E-state index is -1.10. The average molecular weight is 213 g/mol. The first-order chi connectivity index (χ1) is 7.02. The van der Waals surface area contributed by atoms with Crippen molar-refractivity contribution in [2.24, 2.45) is 0 Å². The lowest BCUT2D eigenvalue weighted by atomic mass is 9.97. The Hall–Kier alpha value is -1.65. The number of carboxylic acid groups (broad SMARTS) is 1. The number of aliphatic carboxylic acids is 1. The minimum Gasteiger partial charge on any atom is -0.478 e. The summed E-state index contributed by atoms with van der Waals surface area (Å²) in [6, 6.07) is 0. The third kappa shape index (κ3) is 3.53. The van der Waals surface area contributed by atoms with E-state index in [1.54, 1.807) is 6.92 Å². The molecule has 1 aliphatic rings. The Bertz CT molecular complexity index is 328. The average Bonchev–Trinajstić information content (AvgIpc) is 2.20. The molecule has 0 bridgehead atoms. The van der Waals surface area contributed by atoms with Gasteiger partial charge >= 0.3 is 5.97 Å². The van der Waals surface area contributed by atoms with E-state index < -0.39 is 10.9 Å². The van der Waals surface area contributed by atoms with Gasteiger partial charge in [-0.1, -0.05) is 19.4 Å². The summed E-state index contributed by atoms with van der Waals surface area (Å²) in [6.07, 6.45) is 1.91. The van der Waals surface area contributed by atoms with Crippen LogP contribution < -0.4 is 0 Å². The van der Waals surface area contributed by atoms with Crippen molar-refractivity contribution in [2.45, 2.75) is 33.6 Å². The number of rotatable bonds is 2. The highest BCUT2D eigenvalue weighted by atomic mass is 16.6. The molecule has 1 aliphatic carbocycles. The standard InChI is InChI=1S/C8H9NO4.C2H6/c1-5-2-3-6(9(12)13)4-7(5)8(10)11;1-2/h4H,2-3H2,1H3,(H,10,11);1-2H3. The Kier molecular flexibility index (Phi) is 5.30. The molecule has 0 saturated carbocycles. The monoisotopic (exact) mass is 213 g/mol. The van der Waals surface area contributed by atoms with Gasteiger partial charge in [-0.05, 0) is 13.3 Å². The number of carbonyl (C=O) groups is 1. The predicted octanol–water partition coefficient (Wildman–Crippen LogP) is 2.37. The largest absolute Gasteiger partial charge is 0.478 e. The summed E-state index contributed by atoms with van der Waals surface area (Å²) >= 11 is 0. The van der Waals surface area contributed by atoms with Gasteiger partial charge in [0.2, 0.25) is 5.70 Å². The Balaban J connectivity index is 0.000000921. The van der Waals surface area contributed by atoms with Crippen molar-refractivity contribution in [2.75, 3.05) is 0 Å². The van der Waals surface area contributed by atoms with Crippen LogP contribution in [0.15, 0.2) is 22.9 Å². The molecular formula is C10H15NO4. The van der Waals surface area contributed by atoms with E-state index in [-0.39, 0.29) is 11.3 Å². The van der Waals surface area contributed by atoms with Gasteiger partial charge in [-0.25, -0.2) is 4.79 Å². The number of hydrogen-bond donors (Lipinski definition) is 1. The van der Waals surface area contributed by atoms with Crippen LogP contribution in [0.1, 0.15) is 33.6 Å². The lowest BCUT2D eigenvalue weighted by Crippen LogP contribution is -2.10. The van der Waals surface area contributed by atoms with Crippen molar-refractivity contribution in [3.05, 3.63) is 33.0 Å². The molecule has 0 aliphatic heterocycles. The molecule has 0 saturated heterocycles. The molecule has 0 fully saturated rings.